The number of nitrogens with one attached hydrogen (secondary N) is 2. The standard InChI is InChI=1S/C20H20N4O2/c1-26-18-10-6-5-7-15(18)11-12-21-20(25)17-13-19(23-14-22-17)24-16-8-3-2-4-9-16/h2-10,13-14H,11-12H2,1H3,(H,21,25)(H,22,23,24). The largest absolute Gasteiger partial charge is 0.496 e. The number of anilines is 2. The average Bonchev–Trinajstić information content (AvgIpc) is 2.69. The van der Waals surface area contributed by atoms with Crippen molar-refractivity contribution in [2.75, 3.05) is 19.0 Å². The first-order chi connectivity index (χ1) is 12.8. The highest BCUT2D eigenvalue weighted by atomic mass is 16.5. The summed E-state index contributed by atoms with van der Waals surface area (Å²) in [4.78, 5) is 20.5. The van der Waals surface area contributed by atoms with E-state index >= 15 is 0 Å². The van der Waals surface area contributed by atoms with Gasteiger partial charge in [-0.3, -0.25) is 4.79 Å². The van der Waals surface area contributed by atoms with E-state index in [1.54, 1.807) is 13.2 Å². The number of amides is 1. The molecule has 0 fully saturated rings. The summed E-state index contributed by atoms with van der Waals surface area (Å²) in [5.74, 6) is 1.15. The molecule has 3 aromatic rings. The van der Waals surface area contributed by atoms with Crippen LogP contribution in [0.1, 0.15) is 16.1 Å². The molecule has 0 aliphatic rings. The van der Waals surface area contributed by atoms with E-state index in [0.717, 1.165) is 17.0 Å². The fourth-order valence-corrected chi connectivity index (χ4v) is 2.53. The predicted octanol–water partition coefficient (Wildman–Crippen LogP) is 3.20. The second kappa shape index (κ2) is 8.62. The molecule has 0 unspecified atom stereocenters. The van der Waals surface area contributed by atoms with Gasteiger partial charge < -0.3 is 15.4 Å². The maximum atomic E-state index is 12.3. The van der Waals surface area contributed by atoms with Crippen LogP contribution in [0.5, 0.6) is 5.75 Å². The van der Waals surface area contributed by atoms with Gasteiger partial charge in [-0.15, -0.1) is 0 Å². The molecule has 0 atom stereocenters. The number of aromatic nitrogens is 2. The lowest BCUT2D eigenvalue weighted by atomic mass is 10.1. The Labute approximate surface area is 152 Å². The summed E-state index contributed by atoms with van der Waals surface area (Å²) in [6.07, 6.45) is 2.05. The summed E-state index contributed by atoms with van der Waals surface area (Å²) < 4.78 is 5.32. The number of hydrogen-bond acceptors (Lipinski definition) is 5. The van der Waals surface area contributed by atoms with Crippen LogP contribution in [0.2, 0.25) is 0 Å². The molecule has 6 nitrogen and oxygen atoms in total. The highest BCUT2D eigenvalue weighted by Gasteiger charge is 2.09. The highest BCUT2D eigenvalue weighted by Crippen LogP contribution is 2.17. The van der Waals surface area contributed by atoms with Gasteiger partial charge >= 0.3 is 0 Å². The Hall–Kier alpha value is -3.41. The molecule has 6 heteroatoms. The first-order valence-electron chi connectivity index (χ1n) is 8.30. The molecule has 2 aromatic carbocycles. The van der Waals surface area contributed by atoms with Crippen LogP contribution in [-0.2, 0) is 6.42 Å². The second-order valence-corrected chi connectivity index (χ2v) is 5.60. The highest BCUT2D eigenvalue weighted by molar-refractivity contribution is 5.92. The molecule has 0 radical (unpaired) electrons. The number of rotatable bonds is 7. The van der Waals surface area contributed by atoms with Gasteiger partial charge in [0, 0.05) is 18.3 Å². The molecule has 0 saturated heterocycles. The smallest absolute Gasteiger partial charge is 0.270 e. The van der Waals surface area contributed by atoms with Crippen LogP contribution in [0.25, 0.3) is 0 Å². The first kappa shape index (κ1) is 17.4. The van der Waals surface area contributed by atoms with Gasteiger partial charge in [0.15, 0.2) is 0 Å². The van der Waals surface area contributed by atoms with E-state index in [1.165, 1.54) is 6.33 Å². The Kier molecular flexibility index (Phi) is 5.77. The summed E-state index contributed by atoms with van der Waals surface area (Å²) in [5, 5.41) is 6.03. The van der Waals surface area contributed by atoms with Gasteiger partial charge in [-0.25, -0.2) is 9.97 Å². The Morgan fingerprint density at radius 2 is 1.81 bits per heavy atom. The fraction of sp³-hybridized carbons (Fsp3) is 0.150. The van der Waals surface area contributed by atoms with Crippen molar-refractivity contribution < 1.29 is 9.53 Å². The van der Waals surface area contributed by atoms with Crippen LogP contribution in [-0.4, -0.2) is 29.5 Å². The van der Waals surface area contributed by atoms with Gasteiger partial charge in [0.2, 0.25) is 0 Å². The van der Waals surface area contributed by atoms with Crippen molar-refractivity contribution in [3.8, 4) is 5.75 Å². The van der Waals surface area contributed by atoms with Crippen LogP contribution in [0, 0.1) is 0 Å². The van der Waals surface area contributed by atoms with E-state index in [1.807, 2.05) is 54.6 Å². The average molecular weight is 348 g/mol. The lowest BCUT2D eigenvalue weighted by Gasteiger charge is -2.09. The van der Waals surface area contributed by atoms with E-state index in [9.17, 15) is 4.79 Å². The van der Waals surface area contributed by atoms with Crippen molar-refractivity contribution in [1.29, 1.82) is 0 Å². The number of ether oxygens (including phenoxy) is 1. The number of nitrogens with zero attached hydrogens (tertiary/aromatic N) is 2. The van der Waals surface area contributed by atoms with Crippen molar-refractivity contribution in [3.05, 3.63) is 78.2 Å². The molecule has 1 amide bonds. The Balaban J connectivity index is 1.59. The van der Waals surface area contributed by atoms with Gasteiger partial charge in [0.1, 0.15) is 23.6 Å². The van der Waals surface area contributed by atoms with E-state index in [0.29, 0.717) is 24.5 Å². The third kappa shape index (κ3) is 4.57. The van der Waals surface area contributed by atoms with Crippen LogP contribution >= 0.6 is 0 Å². The number of benzene rings is 2. The van der Waals surface area contributed by atoms with Crippen molar-refractivity contribution in [2.24, 2.45) is 0 Å². The molecule has 0 aliphatic carbocycles. The topological polar surface area (TPSA) is 76.1 Å². The predicted molar refractivity (Wildman–Crippen MR) is 101 cm³/mol. The van der Waals surface area contributed by atoms with E-state index in [-0.39, 0.29) is 5.91 Å². The third-order valence-corrected chi connectivity index (χ3v) is 3.82. The van der Waals surface area contributed by atoms with Crippen molar-refractivity contribution >= 4 is 17.4 Å². The molecule has 0 spiro atoms. The maximum absolute atomic E-state index is 12.3. The molecule has 26 heavy (non-hydrogen) atoms. The van der Waals surface area contributed by atoms with E-state index in [4.69, 9.17) is 4.74 Å². The molecule has 0 bridgehead atoms. The minimum atomic E-state index is -0.238. The van der Waals surface area contributed by atoms with Crippen molar-refractivity contribution in [3.63, 3.8) is 0 Å². The normalized spacial score (nSPS) is 10.2. The van der Waals surface area contributed by atoms with E-state index < -0.39 is 0 Å². The van der Waals surface area contributed by atoms with Crippen LogP contribution in [0.15, 0.2) is 67.0 Å². The number of carbonyl (C=O) groups excluding carboxylic acids is 1. The summed E-state index contributed by atoms with van der Waals surface area (Å²) >= 11 is 0. The van der Waals surface area contributed by atoms with Crippen molar-refractivity contribution in [2.45, 2.75) is 6.42 Å². The second-order valence-electron chi connectivity index (χ2n) is 5.60. The zero-order chi connectivity index (χ0) is 18.2. The molecule has 1 aromatic heterocycles. The monoisotopic (exact) mass is 348 g/mol. The van der Waals surface area contributed by atoms with Crippen LogP contribution in [0.3, 0.4) is 0 Å². The van der Waals surface area contributed by atoms with Gasteiger partial charge in [-0.1, -0.05) is 36.4 Å². The number of carbonyl (C=O) groups is 1. The van der Waals surface area contributed by atoms with Crippen molar-refractivity contribution in [1.82, 2.24) is 15.3 Å². The van der Waals surface area contributed by atoms with Gasteiger partial charge in [-0.2, -0.15) is 0 Å². The summed E-state index contributed by atoms with van der Waals surface area (Å²) in [6.45, 7) is 0.491. The van der Waals surface area contributed by atoms with Gasteiger partial charge in [0.25, 0.3) is 5.91 Å². The molecule has 132 valence electrons. The first-order valence-corrected chi connectivity index (χ1v) is 8.30. The molecular weight excluding hydrogens is 328 g/mol. The molecule has 1 heterocycles. The maximum Gasteiger partial charge on any atom is 0.270 e. The quantitative estimate of drug-likeness (QED) is 0.686. The molecule has 3 rings (SSSR count). The van der Waals surface area contributed by atoms with Gasteiger partial charge in [0.05, 0.1) is 7.11 Å². The Morgan fingerprint density at radius 3 is 2.62 bits per heavy atom. The minimum absolute atomic E-state index is 0.238. The summed E-state index contributed by atoms with van der Waals surface area (Å²) in [6, 6.07) is 19.0. The molecule has 2 N–H and O–H groups in total. The number of hydrogen-bond donors (Lipinski definition) is 2. The van der Waals surface area contributed by atoms with E-state index in [2.05, 4.69) is 20.6 Å². The number of para-hydroxylation sites is 2. The zero-order valence-corrected chi connectivity index (χ0v) is 14.5. The summed E-state index contributed by atoms with van der Waals surface area (Å²) in [5.41, 5.74) is 2.26. The Morgan fingerprint density at radius 1 is 1.04 bits per heavy atom. The Bertz CT molecular complexity index is 868. The number of methoxy groups -OCH3 is 1. The molecular formula is C20H20N4O2. The molecule has 0 aliphatic heterocycles. The fourth-order valence-electron chi connectivity index (χ4n) is 2.53. The lowest BCUT2D eigenvalue weighted by Crippen LogP contribution is -2.26. The van der Waals surface area contributed by atoms with Crippen LogP contribution in [0.4, 0.5) is 11.5 Å². The zero-order valence-electron chi connectivity index (χ0n) is 14.5. The van der Waals surface area contributed by atoms with Crippen LogP contribution < -0.4 is 15.4 Å². The third-order valence-electron chi connectivity index (χ3n) is 3.82. The SMILES string of the molecule is COc1ccccc1CCNC(=O)c1cc(Nc2ccccc2)ncn1. The lowest BCUT2D eigenvalue weighted by molar-refractivity contribution is 0.0949. The summed E-state index contributed by atoms with van der Waals surface area (Å²) in [7, 11) is 1.64. The van der Waals surface area contributed by atoms with Gasteiger partial charge in [-0.05, 0) is 30.2 Å². The minimum Gasteiger partial charge on any atom is -0.496 e. The molecule has 0 saturated carbocycles.